The number of nitrogens with one attached hydrogen (secondary N) is 1. The van der Waals surface area contributed by atoms with Gasteiger partial charge in [0.1, 0.15) is 11.5 Å². The van der Waals surface area contributed by atoms with E-state index in [1.165, 1.54) is 16.7 Å². The Bertz CT molecular complexity index is 636. The van der Waals surface area contributed by atoms with Crippen molar-refractivity contribution in [3.8, 4) is 11.5 Å². The van der Waals surface area contributed by atoms with Crippen LogP contribution in [0, 0.1) is 0 Å². The third-order valence-corrected chi connectivity index (χ3v) is 4.42. The molecule has 2 aromatic rings. The van der Waals surface area contributed by atoms with Crippen LogP contribution in [-0.4, -0.2) is 22.3 Å². The zero-order valence-electron chi connectivity index (χ0n) is 12.9. The zero-order valence-corrected chi connectivity index (χ0v) is 12.9. The summed E-state index contributed by atoms with van der Waals surface area (Å²) in [4.78, 5) is 0. The molecular weight excluding hydrogens is 274 g/mol. The number of benzene rings is 2. The van der Waals surface area contributed by atoms with Gasteiger partial charge in [-0.1, -0.05) is 18.2 Å². The van der Waals surface area contributed by atoms with Crippen LogP contribution in [0.25, 0.3) is 0 Å². The van der Waals surface area contributed by atoms with Crippen molar-refractivity contribution in [1.82, 2.24) is 5.32 Å². The molecule has 0 heterocycles. The molecule has 3 N–H and O–H groups in total. The van der Waals surface area contributed by atoms with Crippen LogP contribution >= 0.6 is 0 Å². The van der Waals surface area contributed by atoms with Crippen LogP contribution in [0.3, 0.4) is 0 Å². The fourth-order valence-electron chi connectivity index (χ4n) is 3.33. The molecule has 0 spiro atoms. The van der Waals surface area contributed by atoms with E-state index in [4.69, 9.17) is 0 Å². The zero-order chi connectivity index (χ0) is 15.5. The van der Waals surface area contributed by atoms with Gasteiger partial charge in [-0.25, -0.2) is 0 Å². The quantitative estimate of drug-likeness (QED) is 0.812. The summed E-state index contributed by atoms with van der Waals surface area (Å²) in [5.74, 6) is 0.683. The maximum Gasteiger partial charge on any atom is 0.115 e. The first-order valence-corrected chi connectivity index (χ1v) is 7.95. The first-order chi connectivity index (χ1) is 10.6. The minimum absolute atomic E-state index is 0.316. The summed E-state index contributed by atoms with van der Waals surface area (Å²) in [5, 5.41) is 22.6. The Morgan fingerprint density at radius 1 is 1.05 bits per heavy atom. The fraction of sp³-hybridized carbons (Fsp3) is 0.368. The van der Waals surface area contributed by atoms with Crippen molar-refractivity contribution in [2.45, 2.75) is 44.7 Å². The second-order valence-electron chi connectivity index (χ2n) is 6.33. The van der Waals surface area contributed by atoms with Crippen molar-refractivity contribution in [1.29, 1.82) is 0 Å². The predicted octanol–water partition coefficient (Wildman–Crippen LogP) is 3.18. The lowest BCUT2D eigenvalue weighted by atomic mass is 9.87. The third kappa shape index (κ3) is 3.60. The molecule has 1 aliphatic rings. The Morgan fingerprint density at radius 3 is 2.55 bits per heavy atom. The molecule has 0 amide bonds. The van der Waals surface area contributed by atoms with Crippen LogP contribution in [0.5, 0.6) is 11.5 Å². The van der Waals surface area contributed by atoms with Crippen molar-refractivity contribution in [3.05, 3.63) is 59.2 Å². The molecule has 3 rings (SSSR count). The number of aryl methyl sites for hydroxylation is 1. The maximum absolute atomic E-state index is 9.55. The Balaban J connectivity index is 1.57. The lowest BCUT2D eigenvalue weighted by Crippen LogP contribution is -2.41. The van der Waals surface area contributed by atoms with E-state index < -0.39 is 0 Å². The first-order valence-electron chi connectivity index (χ1n) is 7.95. The van der Waals surface area contributed by atoms with E-state index in [-0.39, 0.29) is 0 Å². The van der Waals surface area contributed by atoms with Gasteiger partial charge in [-0.05, 0) is 73.6 Å². The molecule has 0 unspecified atom stereocenters. The second kappa shape index (κ2) is 6.41. The van der Waals surface area contributed by atoms with E-state index in [2.05, 4.69) is 12.2 Å². The molecule has 3 nitrogen and oxygen atoms in total. The lowest BCUT2D eigenvalue weighted by Gasteiger charge is -2.28. The predicted molar refractivity (Wildman–Crippen MR) is 88.3 cm³/mol. The first kappa shape index (κ1) is 14.9. The van der Waals surface area contributed by atoms with Crippen molar-refractivity contribution in [2.24, 2.45) is 0 Å². The average Bonchev–Trinajstić information content (AvgIpc) is 2.50. The largest absolute Gasteiger partial charge is 0.508 e. The highest BCUT2D eigenvalue weighted by atomic mass is 16.3. The van der Waals surface area contributed by atoms with Gasteiger partial charge in [0.15, 0.2) is 0 Å². The fourth-order valence-corrected chi connectivity index (χ4v) is 3.33. The Morgan fingerprint density at radius 2 is 1.77 bits per heavy atom. The summed E-state index contributed by atoms with van der Waals surface area (Å²) in [6.07, 6.45) is 4.11. The van der Waals surface area contributed by atoms with E-state index in [0.717, 1.165) is 25.7 Å². The number of hydrogen-bond donors (Lipinski definition) is 3. The smallest absolute Gasteiger partial charge is 0.115 e. The molecule has 0 aliphatic heterocycles. The van der Waals surface area contributed by atoms with Gasteiger partial charge >= 0.3 is 0 Å². The standard InChI is InChI=1S/C19H23NO2/c1-13(10-14-2-7-18(21)8-3-14)20-17-6-4-16-12-19(22)9-5-15(16)11-17/h2-3,5,7-9,12-13,17,20-22H,4,6,10-11H2,1H3/t13-,17+/m0/s1. The highest BCUT2D eigenvalue weighted by molar-refractivity contribution is 5.37. The number of rotatable bonds is 4. The molecule has 0 radical (unpaired) electrons. The summed E-state index contributed by atoms with van der Waals surface area (Å²) in [7, 11) is 0. The number of fused-ring (bicyclic) bond motifs is 1. The van der Waals surface area contributed by atoms with Crippen molar-refractivity contribution in [3.63, 3.8) is 0 Å². The van der Waals surface area contributed by atoms with Crippen LogP contribution < -0.4 is 5.32 Å². The van der Waals surface area contributed by atoms with E-state index in [0.29, 0.717) is 23.6 Å². The van der Waals surface area contributed by atoms with Crippen molar-refractivity contribution < 1.29 is 10.2 Å². The maximum atomic E-state index is 9.55. The molecule has 0 saturated carbocycles. The van der Waals surface area contributed by atoms with E-state index in [9.17, 15) is 10.2 Å². The normalized spacial score (nSPS) is 18.7. The van der Waals surface area contributed by atoms with Gasteiger partial charge in [-0.2, -0.15) is 0 Å². The van der Waals surface area contributed by atoms with E-state index >= 15 is 0 Å². The SMILES string of the molecule is C[C@@H](Cc1ccc(O)cc1)N[C@@H]1CCc2cc(O)ccc2C1. The summed E-state index contributed by atoms with van der Waals surface area (Å²) in [6, 6.07) is 14.0. The molecule has 0 bridgehead atoms. The molecule has 3 heteroatoms. The van der Waals surface area contributed by atoms with E-state index in [1.807, 2.05) is 24.3 Å². The average molecular weight is 297 g/mol. The number of hydrogen-bond acceptors (Lipinski definition) is 3. The summed E-state index contributed by atoms with van der Waals surface area (Å²) >= 11 is 0. The molecule has 1 aliphatic carbocycles. The number of phenolic OH excluding ortho intramolecular Hbond substituents is 2. The van der Waals surface area contributed by atoms with Crippen LogP contribution in [-0.2, 0) is 19.3 Å². The summed E-state index contributed by atoms with van der Waals surface area (Å²) in [6.45, 7) is 2.21. The monoisotopic (exact) mass is 297 g/mol. The van der Waals surface area contributed by atoms with Gasteiger partial charge in [-0.3, -0.25) is 0 Å². The second-order valence-corrected chi connectivity index (χ2v) is 6.33. The Kier molecular flexibility index (Phi) is 4.34. The molecule has 2 aromatic carbocycles. The van der Waals surface area contributed by atoms with Gasteiger partial charge in [-0.15, -0.1) is 0 Å². The van der Waals surface area contributed by atoms with Gasteiger partial charge < -0.3 is 15.5 Å². The van der Waals surface area contributed by atoms with Crippen LogP contribution in [0.1, 0.15) is 30.0 Å². The van der Waals surface area contributed by atoms with Crippen LogP contribution in [0.15, 0.2) is 42.5 Å². The number of aromatic hydroxyl groups is 2. The van der Waals surface area contributed by atoms with Crippen LogP contribution in [0.2, 0.25) is 0 Å². The van der Waals surface area contributed by atoms with Gasteiger partial charge in [0.2, 0.25) is 0 Å². The molecule has 22 heavy (non-hydrogen) atoms. The highest BCUT2D eigenvalue weighted by Gasteiger charge is 2.20. The van der Waals surface area contributed by atoms with Crippen molar-refractivity contribution in [2.75, 3.05) is 0 Å². The highest BCUT2D eigenvalue weighted by Crippen LogP contribution is 2.25. The Labute approximate surface area is 131 Å². The van der Waals surface area contributed by atoms with Gasteiger partial charge in [0, 0.05) is 12.1 Å². The topological polar surface area (TPSA) is 52.5 Å². The van der Waals surface area contributed by atoms with Crippen molar-refractivity contribution >= 4 is 0 Å². The minimum Gasteiger partial charge on any atom is -0.508 e. The van der Waals surface area contributed by atoms with Crippen LogP contribution in [0.4, 0.5) is 0 Å². The Hall–Kier alpha value is -2.00. The van der Waals surface area contributed by atoms with Gasteiger partial charge in [0.05, 0.1) is 0 Å². The minimum atomic E-state index is 0.316. The number of phenols is 2. The third-order valence-electron chi connectivity index (χ3n) is 4.42. The van der Waals surface area contributed by atoms with Gasteiger partial charge in [0.25, 0.3) is 0 Å². The molecule has 0 aromatic heterocycles. The lowest BCUT2D eigenvalue weighted by molar-refractivity contribution is 0.403. The molecule has 0 saturated heterocycles. The summed E-state index contributed by atoms with van der Waals surface area (Å²) < 4.78 is 0. The molecule has 2 atom stereocenters. The summed E-state index contributed by atoms with van der Waals surface area (Å²) in [5.41, 5.74) is 3.86. The molecule has 116 valence electrons. The van der Waals surface area contributed by atoms with E-state index in [1.54, 1.807) is 18.2 Å². The molecule has 0 fully saturated rings. The molecular formula is C19H23NO2.